The third-order valence-corrected chi connectivity index (χ3v) is 4.56. The number of carbonyl (C=O) groups is 1. The van der Waals surface area contributed by atoms with Crippen molar-refractivity contribution in [3.05, 3.63) is 69.8 Å². The van der Waals surface area contributed by atoms with E-state index in [2.05, 4.69) is 0 Å². The lowest BCUT2D eigenvalue weighted by Crippen LogP contribution is -2.60. The largest absolute Gasteiger partial charge is 0.462 e. The highest BCUT2D eigenvalue weighted by molar-refractivity contribution is 6.09. The number of rotatable bonds is 6. The van der Waals surface area contributed by atoms with Crippen LogP contribution in [0.5, 0.6) is 5.75 Å². The van der Waals surface area contributed by atoms with Crippen LogP contribution in [0, 0.1) is 10.1 Å². The van der Waals surface area contributed by atoms with Gasteiger partial charge in [-0.25, -0.2) is 0 Å². The zero-order chi connectivity index (χ0) is 21.1. The van der Waals surface area contributed by atoms with Crippen molar-refractivity contribution < 1.29 is 39.6 Å². The molecular formula is C19H19NO9. The third-order valence-electron chi connectivity index (χ3n) is 4.56. The van der Waals surface area contributed by atoms with Gasteiger partial charge in [-0.3, -0.25) is 14.9 Å². The molecule has 2 aromatic carbocycles. The number of nitrogens with zero attached hydrogens (tertiary/aromatic N) is 1. The second-order valence-electron chi connectivity index (χ2n) is 6.47. The Morgan fingerprint density at radius 3 is 2.03 bits per heavy atom. The van der Waals surface area contributed by atoms with E-state index in [9.17, 15) is 35.3 Å². The predicted molar refractivity (Wildman–Crippen MR) is 97.4 cm³/mol. The Morgan fingerprint density at radius 2 is 1.52 bits per heavy atom. The van der Waals surface area contributed by atoms with Crippen LogP contribution in [0.4, 0.5) is 5.69 Å². The van der Waals surface area contributed by atoms with Gasteiger partial charge in [-0.15, -0.1) is 0 Å². The molecule has 5 atom stereocenters. The first-order valence-corrected chi connectivity index (χ1v) is 8.68. The Balaban J connectivity index is 1.69. The number of nitro groups is 1. The van der Waals surface area contributed by atoms with Gasteiger partial charge in [0, 0.05) is 23.3 Å². The molecule has 10 nitrogen and oxygen atoms in total. The maximum atomic E-state index is 12.5. The second-order valence-corrected chi connectivity index (χ2v) is 6.47. The molecule has 0 aromatic heterocycles. The molecule has 0 aliphatic carbocycles. The molecular weight excluding hydrogens is 386 g/mol. The number of aliphatic hydroxyl groups excluding tert-OH is 4. The smallest absolute Gasteiger partial charge is 0.269 e. The van der Waals surface area contributed by atoms with Crippen molar-refractivity contribution in [2.45, 2.75) is 30.7 Å². The summed E-state index contributed by atoms with van der Waals surface area (Å²) in [5, 5.41) is 49.4. The molecule has 0 unspecified atom stereocenters. The molecule has 10 heteroatoms. The number of ether oxygens (including phenoxy) is 2. The van der Waals surface area contributed by atoms with Crippen LogP contribution in [0.3, 0.4) is 0 Å². The fourth-order valence-corrected chi connectivity index (χ4v) is 2.88. The lowest BCUT2D eigenvalue weighted by molar-refractivity contribution is -0.384. The summed E-state index contributed by atoms with van der Waals surface area (Å²) in [7, 11) is 0. The van der Waals surface area contributed by atoms with E-state index in [0.717, 1.165) is 0 Å². The fourth-order valence-electron chi connectivity index (χ4n) is 2.88. The van der Waals surface area contributed by atoms with Crippen molar-refractivity contribution in [3.8, 4) is 5.75 Å². The van der Waals surface area contributed by atoms with E-state index in [-0.39, 0.29) is 22.8 Å². The Kier molecular flexibility index (Phi) is 6.20. The second kappa shape index (κ2) is 8.64. The van der Waals surface area contributed by atoms with Crippen molar-refractivity contribution >= 4 is 11.5 Å². The molecule has 2 aromatic rings. The van der Waals surface area contributed by atoms with Crippen LogP contribution >= 0.6 is 0 Å². The van der Waals surface area contributed by atoms with Crippen molar-refractivity contribution in [1.82, 2.24) is 0 Å². The molecule has 0 radical (unpaired) electrons. The van der Waals surface area contributed by atoms with Crippen molar-refractivity contribution in [2.24, 2.45) is 0 Å². The number of non-ortho nitro benzene ring substituents is 1. The molecule has 3 rings (SSSR count). The lowest BCUT2D eigenvalue weighted by Gasteiger charge is -2.39. The van der Waals surface area contributed by atoms with E-state index in [1.165, 1.54) is 48.5 Å². The van der Waals surface area contributed by atoms with Gasteiger partial charge in [-0.1, -0.05) is 0 Å². The maximum Gasteiger partial charge on any atom is 0.269 e. The monoisotopic (exact) mass is 405 g/mol. The summed E-state index contributed by atoms with van der Waals surface area (Å²) in [5.41, 5.74) is 0.461. The van der Waals surface area contributed by atoms with Crippen molar-refractivity contribution in [1.29, 1.82) is 0 Å². The normalized spacial score (nSPS) is 26.7. The Labute approximate surface area is 164 Å². The first kappa shape index (κ1) is 20.8. The van der Waals surface area contributed by atoms with Gasteiger partial charge in [-0.2, -0.15) is 0 Å². The molecule has 1 aliphatic heterocycles. The molecule has 1 aliphatic rings. The molecule has 4 N–H and O–H groups in total. The first-order valence-electron chi connectivity index (χ1n) is 8.68. The molecule has 1 saturated heterocycles. The van der Waals surface area contributed by atoms with Crippen LogP contribution in [-0.4, -0.2) is 68.4 Å². The van der Waals surface area contributed by atoms with Gasteiger partial charge in [0.15, 0.2) is 5.78 Å². The Hall–Kier alpha value is -2.89. The summed E-state index contributed by atoms with van der Waals surface area (Å²) in [5.74, 6) is -0.131. The van der Waals surface area contributed by atoms with Gasteiger partial charge in [0.1, 0.15) is 30.2 Å². The molecule has 1 fully saturated rings. The highest BCUT2D eigenvalue weighted by atomic mass is 16.7. The molecule has 0 bridgehead atoms. The average Bonchev–Trinajstić information content (AvgIpc) is 2.74. The van der Waals surface area contributed by atoms with Gasteiger partial charge in [-0.05, 0) is 36.4 Å². The van der Waals surface area contributed by atoms with Gasteiger partial charge >= 0.3 is 0 Å². The Bertz CT molecular complexity index is 866. The molecule has 29 heavy (non-hydrogen) atoms. The van der Waals surface area contributed by atoms with E-state index in [4.69, 9.17) is 9.47 Å². The molecule has 0 spiro atoms. The zero-order valence-electron chi connectivity index (χ0n) is 15.0. The lowest BCUT2D eigenvalue weighted by atomic mass is 9.99. The predicted octanol–water partition coefficient (Wildman–Crippen LogP) is 0.00450. The molecule has 154 valence electrons. The molecule has 0 amide bonds. The van der Waals surface area contributed by atoms with Crippen LogP contribution < -0.4 is 4.74 Å². The van der Waals surface area contributed by atoms with E-state index in [1.54, 1.807) is 0 Å². The zero-order valence-corrected chi connectivity index (χ0v) is 15.0. The fraction of sp³-hybridized carbons (Fsp3) is 0.316. The van der Waals surface area contributed by atoms with Crippen molar-refractivity contribution in [2.75, 3.05) is 6.61 Å². The third kappa shape index (κ3) is 4.42. The highest BCUT2D eigenvalue weighted by Crippen LogP contribution is 2.25. The number of aliphatic hydroxyl groups is 4. The van der Waals surface area contributed by atoms with Gasteiger partial charge in [0.05, 0.1) is 11.5 Å². The van der Waals surface area contributed by atoms with Crippen LogP contribution in [0.1, 0.15) is 15.9 Å². The quantitative estimate of drug-likeness (QED) is 0.295. The highest BCUT2D eigenvalue weighted by Gasteiger charge is 2.44. The van der Waals surface area contributed by atoms with E-state index < -0.39 is 42.2 Å². The van der Waals surface area contributed by atoms with Gasteiger partial charge in [0.2, 0.25) is 6.29 Å². The van der Waals surface area contributed by atoms with E-state index >= 15 is 0 Å². The van der Waals surface area contributed by atoms with Crippen molar-refractivity contribution in [3.63, 3.8) is 0 Å². The summed E-state index contributed by atoms with van der Waals surface area (Å²) in [4.78, 5) is 22.6. The van der Waals surface area contributed by atoms with Crippen LogP contribution in [0.2, 0.25) is 0 Å². The van der Waals surface area contributed by atoms with Crippen LogP contribution in [-0.2, 0) is 4.74 Å². The maximum absolute atomic E-state index is 12.5. The van der Waals surface area contributed by atoms with E-state index in [0.29, 0.717) is 5.56 Å². The van der Waals surface area contributed by atoms with Gasteiger partial charge in [0.25, 0.3) is 5.69 Å². The van der Waals surface area contributed by atoms with Crippen LogP contribution in [0.15, 0.2) is 48.5 Å². The SMILES string of the molecule is O=C(c1ccc(O[C@H]2O[C@H](CO)[C@@H](O)[C@H](O)[C@@H]2O)cc1)c1ccc([N+](=O)[O-])cc1. The number of hydrogen-bond donors (Lipinski definition) is 4. The Morgan fingerprint density at radius 1 is 0.966 bits per heavy atom. The summed E-state index contributed by atoms with van der Waals surface area (Å²) in [6.45, 7) is -0.576. The van der Waals surface area contributed by atoms with E-state index in [1.807, 2.05) is 0 Å². The summed E-state index contributed by atoms with van der Waals surface area (Å²) < 4.78 is 10.7. The number of benzene rings is 2. The number of ketones is 1. The number of nitro benzene ring substituents is 1. The van der Waals surface area contributed by atoms with Crippen LogP contribution in [0.25, 0.3) is 0 Å². The molecule has 0 saturated carbocycles. The number of hydrogen-bond acceptors (Lipinski definition) is 9. The summed E-state index contributed by atoms with van der Waals surface area (Å²) in [6.07, 6.45) is -7.03. The number of carbonyl (C=O) groups excluding carboxylic acids is 1. The average molecular weight is 405 g/mol. The minimum absolute atomic E-state index is 0.121. The minimum atomic E-state index is -1.56. The first-order chi connectivity index (χ1) is 13.8. The topological polar surface area (TPSA) is 160 Å². The standard InChI is InChI=1S/C19H19NO9/c21-9-14-16(23)17(24)18(25)19(29-14)28-13-7-3-11(4-8-13)15(22)10-1-5-12(6-2-10)20(26)27/h1-8,14,16-19,21,23-25H,9H2/t14-,16-,17+,18+,19+/m1/s1. The minimum Gasteiger partial charge on any atom is -0.462 e. The summed E-state index contributed by atoms with van der Waals surface area (Å²) >= 11 is 0. The molecule has 1 heterocycles. The summed E-state index contributed by atoms with van der Waals surface area (Å²) in [6, 6.07) is 11.0. The van der Waals surface area contributed by atoms with Gasteiger partial charge < -0.3 is 29.9 Å².